The van der Waals surface area contributed by atoms with E-state index in [1.54, 1.807) is 0 Å². The second kappa shape index (κ2) is 2.31. The Morgan fingerprint density at radius 3 is 2.11 bits per heavy atom. The number of nitrogens with zero attached hydrogens (tertiary/aromatic N) is 1. The SMILES string of the molecule is [Li][CH]1CN2CCC1CC2. The molecule has 3 heterocycles. The van der Waals surface area contributed by atoms with Crippen molar-refractivity contribution in [3.05, 3.63) is 0 Å². The molecule has 3 fully saturated rings. The zero-order chi connectivity index (χ0) is 6.27. The van der Waals surface area contributed by atoms with Crippen molar-refractivity contribution < 1.29 is 0 Å². The molecule has 46 valence electrons. The van der Waals surface area contributed by atoms with E-state index in [2.05, 4.69) is 22.6 Å². The number of rotatable bonds is 0. The van der Waals surface area contributed by atoms with Crippen molar-refractivity contribution in [2.45, 2.75) is 17.4 Å². The molecular formula is C7H12LiN. The second-order valence-corrected chi connectivity index (χ2v) is 3.62. The summed E-state index contributed by atoms with van der Waals surface area (Å²) < 4.78 is 0.993. The summed E-state index contributed by atoms with van der Waals surface area (Å²) in [6, 6.07) is 0. The molecule has 0 spiro atoms. The van der Waals surface area contributed by atoms with Crippen molar-refractivity contribution in [3.63, 3.8) is 0 Å². The number of hydrogen-bond donors (Lipinski definition) is 0. The molecule has 3 rings (SSSR count). The van der Waals surface area contributed by atoms with Crippen LogP contribution in [0.4, 0.5) is 0 Å². The fraction of sp³-hybridized carbons (Fsp3) is 1.00. The monoisotopic (exact) mass is 117 g/mol. The molecule has 2 bridgehead atoms. The van der Waals surface area contributed by atoms with Gasteiger partial charge in [0.1, 0.15) is 0 Å². The Bertz CT molecular complexity index is 107. The van der Waals surface area contributed by atoms with E-state index in [9.17, 15) is 0 Å². The van der Waals surface area contributed by atoms with Crippen LogP contribution in [-0.2, 0) is 0 Å². The minimum absolute atomic E-state index is 0.993. The Labute approximate surface area is 66.0 Å². The number of hydrogen-bond acceptors (Lipinski definition) is 1. The predicted octanol–water partition coefficient (Wildman–Crippen LogP) is 0.669. The zero-order valence-corrected chi connectivity index (χ0v) is 6.14. The Morgan fingerprint density at radius 1 is 1.22 bits per heavy atom. The van der Waals surface area contributed by atoms with Crippen LogP contribution in [0.5, 0.6) is 0 Å². The molecule has 1 nitrogen and oxygen atoms in total. The summed E-state index contributed by atoms with van der Waals surface area (Å²) in [5.41, 5.74) is 0. The van der Waals surface area contributed by atoms with Gasteiger partial charge in [-0.05, 0) is 0 Å². The van der Waals surface area contributed by atoms with E-state index in [4.69, 9.17) is 0 Å². The van der Waals surface area contributed by atoms with Gasteiger partial charge in [-0.1, -0.05) is 0 Å². The van der Waals surface area contributed by atoms with Gasteiger partial charge in [0.05, 0.1) is 0 Å². The van der Waals surface area contributed by atoms with Crippen molar-refractivity contribution in [1.29, 1.82) is 0 Å². The number of piperidine rings is 3. The molecule has 3 saturated heterocycles. The van der Waals surface area contributed by atoms with E-state index >= 15 is 0 Å². The zero-order valence-electron chi connectivity index (χ0n) is 6.14. The van der Waals surface area contributed by atoms with Gasteiger partial charge in [-0.15, -0.1) is 0 Å². The first-order chi connectivity index (χ1) is 4.36. The standard InChI is InChI=1S/C7H12N.Li/c1-4-8-5-2-7(1)3-6-8;/h1,7H,2-6H2;. The molecule has 3 aliphatic rings. The summed E-state index contributed by atoms with van der Waals surface area (Å²) in [7, 11) is 0. The maximum atomic E-state index is 2.60. The first-order valence-electron chi connectivity index (χ1n) is 4.08. The van der Waals surface area contributed by atoms with E-state index in [-0.39, 0.29) is 0 Å². The van der Waals surface area contributed by atoms with Crippen molar-refractivity contribution in [1.82, 2.24) is 4.90 Å². The maximum absolute atomic E-state index is 2.60. The van der Waals surface area contributed by atoms with E-state index in [0.29, 0.717) is 0 Å². The molecule has 0 radical (unpaired) electrons. The van der Waals surface area contributed by atoms with Crippen LogP contribution in [0, 0.1) is 5.92 Å². The molecule has 0 aromatic rings. The van der Waals surface area contributed by atoms with Crippen molar-refractivity contribution >= 4 is 17.7 Å². The van der Waals surface area contributed by atoms with E-state index in [1.807, 2.05) is 0 Å². The summed E-state index contributed by atoms with van der Waals surface area (Å²) in [4.78, 5) is 2.60. The summed E-state index contributed by atoms with van der Waals surface area (Å²) in [5.74, 6) is 1.08. The van der Waals surface area contributed by atoms with Gasteiger partial charge in [-0.2, -0.15) is 0 Å². The second-order valence-electron chi connectivity index (χ2n) is 3.62. The van der Waals surface area contributed by atoms with Gasteiger partial charge < -0.3 is 0 Å². The Kier molecular flexibility index (Phi) is 1.61. The van der Waals surface area contributed by atoms with E-state index < -0.39 is 0 Å². The fourth-order valence-corrected chi connectivity index (χ4v) is 2.26. The summed E-state index contributed by atoms with van der Waals surface area (Å²) in [6.07, 6.45) is 2.95. The molecular weight excluding hydrogens is 105 g/mol. The normalized spacial score (nSPS) is 49.8. The Hall–Kier alpha value is 0.557. The first-order valence-corrected chi connectivity index (χ1v) is 4.08. The van der Waals surface area contributed by atoms with E-state index in [1.165, 1.54) is 32.5 Å². The molecule has 0 N–H and O–H groups in total. The molecule has 1 atom stereocenters. The van der Waals surface area contributed by atoms with Crippen LogP contribution in [-0.4, -0.2) is 42.2 Å². The molecule has 9 heavy (non-hydrogen) atoms. The van der Waals surface area contributed by atoms with Crippen molar-refractivity contribution in [2.75, 3.05) is 19.6 Å². The molecule has 2 heteroatoms. The Balaban J connectivity index is 2.06. The average Bonchev–Trinajstić information content (AvgIpc) is 1.90. The van der Waals surface area contributed by atoms with Crippen molar-refractivity contribution in [3.8, 4) is 0 Å². The molecule has 1 unspecified atom stereocenters. The molecule has 0 amide bonds. The molecule has 0 aromatic carbocycles. The van der Waals surface area contributed by atoms with Crippen molar-refractivity contribution in [2.24, 2.45) is 5.92 Å². The van der Waals surface area contributed by atoms with Crippen LogP contribution >= 0.6 is 0 Å². The van der Waals surface area contributed by atoms with Crippen LogP contribution in [0.1, 0.15) is 12.8 Å². The molecule has 0 aliphatic carbocycles. The van der Waals surface area contributed by atoms with Gasteiger partial charge in [0.25, 0.3) is 0 Å². The van der Waals surface area contributed by atoms with Crippen LogP contribution in [0.15, 0.2) is 0 Å². The third-order valence-electron chi connectivity index (χ3n) is 2.98. The quantitative estimate of drug-likeness (QED) is 0.421. The van der Waals surface area contributed by atoms with Gasteiger partial charge in [0.15, 0.2) is 0 Å². The van der Waals surface area contributed by atoms with Crippen LogP contribution in [0.3, 0.4) is 0 Å². The van der Waals surface area contributed by atoms with Gasteiger partial charge in [-0.3, -0.25) is 0 Å². The van der Waals surface area contributed by atoms with Crippen LogP contribution < -0.4 is 0 Å². The predicted molar refractivity (Wildman–Crippen MR) is 38.7 cm³/mol. The van der Waals surface area contributed by atoms with Gasteiger partial charge >= 0.3 is 65.6 Å². The summed E-state index contributed by atoms with van der Waals surface area (Å²) in [6.45, 7) is 4.15. The van der Waals surface area contributed by atoms with Gasteiger partial charge in [-0.25, -0.2) is 0 Å². The fourth-order valence-electron chi connectivity index (χ4n) is 2.26. The summed E-state index contributed by atoms with van der Waals surface area (Å²) in [5, 5.41) is 0. The molecule has 0 aromatic heterocycles. The minimum atomic E-state index is 0.993. The van der Waals surface area contributed by atoms with Gasteiger partial charge in [0, 0.05) is 0 Å². The number of fused-ring (bicyclic) bond motifs is 3. The first kappa shape index (κ1) is 6.28. The third-order valence-corrected chi connectivity index (χ3v) is 2.98. The molecule has 3 aliphatic heterocycles. The van der Waals surface area contributed by atoms with Crippen LogP contribution in [0.2, 0.25) is 4.59 Å². The Morgan fingerprint density at radius 2 is 1.89 bits per heavy atom. The summed E-state index contributed by atoms with van der Waals surface area (Å²) >= 11 is 2.40. The molecule has 0 saturated carbocycles. The topological polar surface area (TPSA) is 3.24 Å². The van der Waals surface area contributed by atoms with E-state index in [0.717, 1.165) is 10.5 Å². The van der Waals surface area contributed by atoms with Gasteiger partial charge in [0.2, 0.25) is 0 Å². The van der Waals surface area contributed by atoms with Crippen LogP contribution in [0.25, 0.3) is 0 Å². The average molecular weight is 117 g/mol. The third kappa shape index (κ3) is 1.07.